The van der Waals surface area contributed by atoms with E-state index in [0.29, 0.717) is 37.3 Å². The van der Waals surface area contributed by atoms with E-state index in [2.05, 4.69) is 31.3 Å². The van der Waals surface area contributed by atoms with Crippen LogP contribution in [0.2, 0.25) is 0 Å². The lowest BCUT2D eigenvalue weighted by molar-refractivity contribution is -0.152. The average Bonchev–Trinajstić information content (AvgIpc) is 3.30. The number of fused-ring (bicyclic) bond motifs is 2. The molecule has 0 radical (unpaired) electrons. The number of aliphatic imine (C=N–C) groups is 1. The highest BCUT2D eigenvalue weighted by molar-refractivity contribution is 7.18. The average molecular weight is 408 g/mol. The molecule has 1 aromatic carbocycles. The topological polar surface area (TPSA) is 104 Å². The van der Waals surface area contributed by atoms with Gasteiger partial charge in [0, 0.05) is 24.7 Å². The number of rotatable bonds is 5. The quantitative estimate of drug-likeness (QED) is 0.671. The van der Waals surface area contributed by atoms with Gasteiger partial charge in [-0.2, -0.15) is 0 Å². The van der Waals surface area contributed by atoms with Gasteiger partial charge >= 0.3 is 0 Å². The van der Waals surface area contributed by atoms with Crippen molar-refractivity contribution < 1.29 is 9.90 Å². The maximum absolute atomic E-state index is 12.2. The van der Waals surface area contributed by atoms with Crippen molar-refractivity contribution in [1.29, 1.82) is 0 Å². The zero-order chi connectivity index (χ0) is 20.0. The highest BCUT2D eigenvalue weighted by atomic mass is 32.1. The molecule has 0 atom stereocenters. The Kier molecular flexibility index (Phi) is 4.29. The van der Waals surface area contributed by atoms with Crippen molar-refractivity contribution in [2.75, 3.05) is 18.4 Å². The van der Waals surface area contributed by atoms with Crippen LogP contribution in [-0.2, 0) is 17.8 Å². The molecule has 1 saturated heterocycles. The SMILES string of the molecule is CC1(O)CN(C(=O)CCc2nc3c(Nc4ccc5c(c4)C=NC5)ncnc3s2)C1. The molecule has 0 aliphatic carbocycles. The number of likely N-dealkylation sites (tertiary alicyclic amines) is 1. The minimum Gasteiger partial charge on any atom is -0.386 e. The summed E-state index contributed by atoms with van der Waals surface area (Å²) in [4.78, 5) is 32.3. The summed E-state index contributed by atoms with van der Waals surface area (Å²) >= 11 is 1.48. The zero-order valence-electron chi connectivity index (χ0n) is 15.9. The third-order valence-electron chi connectivity index (χ3n) is 5.11. The molecule has 0 saturated carbocycles. The van der Waals surface area contributed by atoms with E-state index >= 15 is 0 Å². The fraction of sp³-hybridized carbons (Fsp3) is 0.350. The lowest BCUT2D eigenvalue weighted by atomic mass is 9.96. The molecular formula is C20H20N6O2S. The van der Waals surface area contributed by atoms with Gasteiger partial charge in [0.2, 0.25) is 5.91 Å². The first-order valence-corrected chi connectivity index (χ1v) is 10.3. The smallest absolute Gasteiger partial charge is 0.223 e. The highest BCUT2D eigenvalue weighted by Crippen LogP contribution is 2.29. The number of nitrogens with zero attached hydrogens (tertiary/aromatic N) is 5. The molecule has 2 aliphatic heterocycles. The Balaban J connectivity index is 1.30. The first-order chi connectivity index (χ1) is 14.0. The maximum Gasteiger partial charge on any atom is 0.223 e. The molecule has 29 heavy (non-hydrogen) atoms. The molecule has 0 bridgehead atoms. The summed E-state index contributed by atoms with van der Waals surface area (Å²) in [5.74, 6) is 0.692. The lowest BCUT2D eigenvalue weighted by Crippen LogP contribution is -2.61. The molecule has 0 unspecified atom stereocenters. The van der Waals surface area contributed by atoms with Gasteiger partial charge in [-0.1, -0.05) is 17.4 Å². The van der Waals surface area contributed by atoms with Gasteiger partial charge in [0.15, 0.2) is 5.82 Å². The molecule has 2 aliphatic rings. The number of aromatic nitrogens is 3. The number of hydrogen-bond acceptors (Lipinski definition) is 8. The second-order valence-corrected chi connectivity index (χ2v) is 8.80. The van der Waals surface area contributed by atoms with Gasteiger partial charge in [0.1, 0.15) is 16.7 Å². The van der Waals surface area contributed by atoms with Crippen LogP contribution in [0.5, 0.6) is 0 Å². The number of aryl methyl sites for hydroxylation is 1. The minimum atomic E-state index is -0.745. The van der Waals surface area contributed by atoms with Crippen LogP contribution in [0.4, 0.5) is 11.5 Å². The number of amides is 1. The summed E-state index contributed by atoms with van der Waals surface area (Å²) in [6, 6.07) is 6.12. The molecule has 1 fully saturated rings. The van der Waals surface area contributed by atoms with Gasteiger partial charge in [0.05, 0.1) is 30.2 Å². The standard InChI is InChI=1S/C20H20N6O2S/c1-20(28)9-26(10-20)16(27)5-4-15-25-17-18(22-11-23-19(17)29-15)24-14-3-2-12-7-21-8-13(12)6-14/h2-3,6,8,11,28H,4-5,7,9-10H2,1H3,(H,22,23,24). The lowest BCUT2D eigenvalue weighted by Gasteiger charge is -2.44. The van der Waals surface area contributed by atoms with Gasteiger partial charge < -0.3 is 15.3 Å². The number of nitrogens with one attached hydrogen (secondary N) is 1. The van der Waals surface area contributed by atoms with Crippen LogP contribution in [0.15, 0.2) is 29.5 Å². The van der Waals surface area contributed by atoms with Crippen molar-refractivity contribution in [3.8, 4) is 0 Å². The number of carbonyl (C=O) groups is 1. The van der Waals surface area contributed by atoms with Gasteiger partial charge in [-0.15, -0.1) is 0 Å². The summed E-state index contributed by atoms with van der Waals surface area (Å²) in [6.45, 7) is 3.27. The number of thiazole rings is 1. The minimum absolute atomic E-state index is 0.0417. The van der Waals surface area contributed by atoms with E-state index < -0.39 is 5.60 Å². The van der Waals surface area contributed by atoms with Crippen LogP contribution >= 0.6 is 11.3 Å². The Morgan fingerprint density at radius 1 is 1.34 bits per heavy atom. The summed E-state index contributed by atoms with van der Waals surface area (Å²) in [7, 11) is 0. The van der Waals surface area contributed by atoms with E-state index in [9.17, 15) is 9.90 Å². The molecule has 148 valence electrons. The van der Waals surface area contributed by atoms with Crippen LogP contribution in [-0.4, -0.2) is 55.8 Å². The van der Waals surface area contributed by atoms with E-state index in [-0.39, 0.29) is 5.91 Å². The molecule has 1 amide bonds. The first-order valence-electron chi connectivity index (χ1n) is 9.47. The van der Waals surface area contributed by atoms with Crippen LogP contribution in [0.1, 0.15) is 29.5 Å². The van der Waals surface area contributed by atoms with Crippen LogP contribution in [0.3, 0.4) is 0 Å². The Morgan fingerprint density at radius 2 is 2.21 bits per heavy atom. The molecule has 2 N–H and O–H groups in total. The summed E-state index contributed by atoms with van der Waals surface area (Å²) in [6.07, 6.45) is 4.32. The van der Waals surface area contributed by atoms with Crippen molar-refractivity contribution >= 4 is 45.3 Å². The van der Waals surface area contributed by atoms with Crippen molar-refractivity contribution in [2.24, 2.45) is 4.99 Å². The van der Waals surface area contributed by atoms with Crippen LogP contribution in [0, 0.1) is 0 Å². The van der Waals surface area contributed by atoms with E-state index in [1.807, 2.05) is 18.3 Å². The van der Waals surface area contributed by atoms with Crippen molar-refractivity contribution in [3.63, 3.8) is 0 Å². The molecule has 3 aromatic rings. The number of β-amino-alcohol motifs (C(OH)–C–C–N with tert-alkyl or cyclic N) is 1. The van der Waals surface area contributed by atoms with Crippen molar-refractivity contribution in [2.45, 2.75) is 31.9 Å². The number of aliphatic hydroxyl groups is 1. The summed E-state index contributed by atoms with van der Waals surface area (Å²) < 4.78 is 0. The predicted molar refractivity (Wildman–Crippen MR) is 112 cm³/mol. The van der Waals surface area contributed by atoms with Gasteiger partial charge in [-0.25, -0.2) is 15.0 Å². The Morgan fingerprint density at radius 3 is 3.03 bits per heavy atom. The number of benzene rings is 1. The molecule has 4 heterocycles. The normalized spacial score (nSPS) is 16.7. The second-order valence-electron chi connectivity index (χ2n) is 7.74. The highest BCUT2D eigenvalue weighted by Gasteiger charge is 2.38. The molecule has 2 aromatic heterocycles. The fourth-order valence-corrected chi connectivity index (χ4v) is 4.54. The Hall–Kier alpha value is -2.91. The summed E-state index contributed by atoms with van der Waals surface area (Å²) in [5, 5.41) is 14.0. The Bertz CT molecular complexity index is 1130. The third kappa shape index (κ3) is 3.58. The third-order valence-corrected chi connectivity index (χ3v) is 6.13. The number of hydrogen-bond donors (Lipinski definition) is 2. The fourth-order valence-electron chi connectivity index (χ4n) is 3.64. The number of anilines is 2. The largest absolute Gasteiger partial charge is 0.386 e. The van der Waals surface area contributed by atoms with Gasteiger partial charge in [0.25, 0.3) is 0 Å². The maximum atomic E-state index is 12.2. The van der Waals surface area contributed by atoms with E-state index in [1.54, 1.807) is 11.8 Å². The van der Waals surface area contributed by atoms with E-state index in [0.717, 1.165) is 27.6 Å². The van der Waals surface area contributed by atoms with Crippen molar-refractivity contribution in [3.05, 3.63) is 40.7 Å². The molecule has 9 heteroatoms. The first kappa shape index (κ1) is 18.1. The molecule has 0 spiro atoms. The monoisotopic (exact) mass is 408 g/mol. The molecular weight excluding hydrogens is 388 g/mol. The van der Waals surface area contributed by atoms with E-state index in [1.165, 1.54) is 23.2 Å². The van der Waals surface area contributed by atoms with Gasteiger partial charge in [-0.3, -0.25) is 9.79 Å². The van der Waals surface area contributed by atoms with E-state index in [4.69, 9.17) is 0 Å². The predicted octanol–water partition coefficient (Wildman–Crippen LogP) is 2.29. The summed E-state index contributed by atoms with van der Waals surface area (Å²) in [5.41, 5.74) is 3.22. The van der Waals surface area contributed by atoms with Gasteiger partial charge in [-0.05, 0) is 30.2 Å². The van der Waals surface area contributed by atoms with Crippen LogP contribution in [0.25, 0.3) is 10.3 Å². The Labute approximate surface area is 171 Å². The van der Waals surface area contributed by atoms with Crippen molar-refractivity contribution in [1.82, 2.24) is 19.9 Å². The second kappa shape index (κ2) is 6.85. The van der Waals surface area contributed by atoms with Crippen LogP contribution < -0.4 is 5.32 Å². The molecule has 8 nitrogen and oxygen atoms in total. The number of carbonyl (C=O) groups excluding carboxylic acids is 1. The zero-order valence-corrected chi connectivity index (χ0v) is 16.7. The molecule has 5 rings (SSSR count).